The summed E-state index contributed by atoms with van der Waals surface area (Å²) in [5.74, 6) is 0.736. The number of benzene rings is 3. The van der Waals surface area contributed by atoms with E-state index in [0.717, 1.165) is 26.1 Å². The number of thiazole rings is 1. The highest BCUT2D eigenvalue weighted by Gasteiger charge is 2.35. The summed E-state index contributed by atoms with van der Waals surface area (Å²) in [5.41, 5.74) is 3.05. The zero-order chi connectivity index (χ0) is 29.2. The molecule has 0 aliphatic carbocycles. The molecular weight excluding hydrogens is 632 g/mol. The van der Waals surface area contributed by atoms with Crippen molar-refractivity contribution in [2.24, 2.45) is 4.99 Å². The normalized spacial score (nSPS) is 14.9. The van der Waals surface area contributed by atoms with E-state index < -0.39 is 12.0 Å². The SMILES string of the molecule is CCOC(=O)C1=C(c2ccccc2)N=c2s/c(=C\c3ccc(-c4cccc(Br)c4)o3)c(=O)n2C1c1ccc(SC)cc1. The highest BCUT2D eigenvalue weighted by molar-refractivity contribution is 9.10. The molecule has 0 bridgehead atoms. The molecule has 42 heavy (non-hydrogen) atoms. The van der Waals surface area contributed by atoms with Crippen LogP contribution < -0.4 is 14.9 Å². The number of thioether (sulfide) groups is 1. The number of esters is 1. The molecule has 0 saturated heterocycles. The molecule has 5 aromatic rings. The van der Waals surface area contributed by atoms with E-state index in [9.17, 15) is 9.59 Å². The van der Waals surface area contributed by atoms with Gasteiger partial charge in [-0.2, -0.15) is 0 Å². The first-order chi connectivity index (χ1) is 20.5. The number of halogens is 1. The Morgan fingerprint density at radius 3 is 2.52 bits per heavy atom. The summed E-state index contributed by atoms with van der Waals surface area (Å²) in [4.78, 5) is 34.1. The molecule has 1 aliphatic heterocycles. The first kappa shape index (κ1) is 28.2. The molecule has 1 aliphatic rings. The maximum atomic E-state index is 14.1. The Bertz CT molecular complexity index is 1990. The third-order valence-electron chi connectivity index (χ3n) is 6.81. The molecule has 6 nitrogen and oxygen atoms in total. The lowest BCUT2D eigenvalue weighted by Crippen LogP contribution is -2.40. The van der Waals surface area contributed by atoms with Crippen LogP contribution in [-0.4, -0.2) is 23.4 Å². The van der Waals surface area contributed by atoms with Crippen molar-refractivity contribution in [1.82, 2.24) is 4.57 Å². The molecule has 210 valence electrons. The molecule has 0 saturated carbocycles. The Morgan fingerprint density at radius 1 is 1.05 bits per heavy atom. The minimum absolute atomic E-state index is 0.200. The zero-order valence-corrected chi connectivity index (χ0v) is 26.0. The molecule has 9 heteroatoms. The van der Waals surface area contributed by atoms with E-state index in [2.05, 4.69) is 15.9 Å². The number of carbonyl (C=O) groups is 1. The number of carbonyl (C=O) groups excluding carboxylic acids is 1. The summed E-state index contributed by atoms with van der Waals surface area (Å²) in [6.07, 6.45) is 3.74. The van der Waals surface area contributed by atoms with Gasteiger partial charge in [0.15, 0.2) is 4.80 Å². The van der Waals surface area contributed by atoms with Crippen LogP contribution in [0.3, 0.4) is 0 Å². The van der Waals surface area contributed by atoms with Crippen molar-refractivity contribution in [2.45, 2.75) is 17.9 Å². The second-order valence-corrected chi connectivity index (χ2v) is 12.2. The van der Waals surface area contributed by atoms with Crippen molar-refractivity contribution in [1.29, 1.82) is 0 Å². The number of nitrogens with zero attached hydrogens (tertiary/aromatic N) is 2. The highest BCUT2D eigenvalue weighted by Crippen LogP contribution is 2.35. The van der Waals surface area contributed by atoms with Crippen molar-refractivity contribution >= 4 is 56.8 Å². The van der Waals surface area contributed by atoms with Gasteiger partial charge in [-0.1, -0.05) is 81.9 Å². The fourth-order valence-corrected chi connectivity index (χ4v) is 6.69. The average Bonchev–Trinajstić information content (AvgIpc) is 3.61. The van der Waals surface area contributed by atoms with Crippen LogP contribution in [0.4, 0.5) is 0 Å². The van der Waals surface area contributed by atoms with Crippen molar-refractivity contribution in [2.75, 3.05) is 12.9 Å². The number of furan rings is 1. The molecule has 6 rings (SSSR count). The van der Waals surface area contributed by atoms with Crippen molar-refractivity contribution in [3.05, 3.63) is 138 Å². The molecule has 0 N–H and O–H groups in total. The highest BCUT2D eigenvalue weighted by atomic mass is 79.9. The molecule has 1 atom stereocenters. The van der Waals surface area contributed by atoms with E-state index in [1.165, 1.54) is 11.3 Å². The van der Waals surface area contributed by atoms with Gasteiger partial charge in [-0.15, -0.1) is 11.8 Å². The maximum Gasteiger partial charge on any atom is 0.338 e. The topological polar surface area (TPSA) is 73.8 Å². The second-order valence-electron chi connectivity index (χ2n) is 9.42. The van der Waals surface area contributed by atoms with Crippen LogP contribution in [0.2, 0.25) is 0 Å². The molecule has 3 heterocycles. The second kappa shape index (κ2) is 12.1. The van der Waals surface area contributed by atoms with Gasteiger partial charge in [0.25, 0.3) is 5.56 Å². The predicted octanol–water partition coefficient (Wildman–Crippen LogP) is 6.68. The predicted molar refractivity (Wildman–Crippen MR) is 171 cm³/mol. The lowest BCUT2D eigenvalue weighted by atomic mass is 9.93. The summed E-state index contributed by atoms with van der Waals surface area (Å²) in [7, 11) is 0. The Labute approximate surface area is 258 Å². The monoisotopic (exact) mass is 656 g/mol. The third-order valence-corrected chi connectivity index (χ3v) is 9.03. The minimum atomic E-state index is -0.720. The Balaban J connectivity index is 1.56. The van der Waals surface area contributed by atoms with Crippen LogP contribution in [0.25, 0.3) is 23.1 Å². The van der Waals surface area contributed by atoms with Gasteiger partial charge in [-0.25, -0.2) is 9.79 Å². The summed E-state index contributed by atoms with van der Waals surface area (Å²) < 4.78 is 14.6. The van der Waals surface area contributed by atoms with Gasteiger partial charge >= 0.3 is 5.97 Å². The summed E-state index contributed by atoms with van der Waals surface area (Å²) in [5, 5.41) is 0. The van der Waals surface area contributed by atoms with Crippen LogP contribution in [-0.2, 0) is 9.53 Å². The van der Waals surface area contributed by atoms with E-state index in [4.69, 9.17) is 14.1 Å². The van der Waals surface area contributed by atoms with Crippen LogP contribution in [0.5, 0.6) is 0 Å². The molecule has 0 radical (unpaired) electrons. The van der Waals surface area contributed by atoms with Crippen LogP contribution >= 0.6 is 39.0 Å². The molecule has 2 aromatic heterocycles. The van der Waals surface area contributed by atoms with Gasteiger partial charge in [-0.3, -0.25) is 9.36 Å². The van der Waals surface area contributed by atoms with Crippen LogP contribution in [0.1, 0.15) is 29.9 Å². The minimum Gasteiger partial charge on any atom is -0.463 e. The van der Waals surface area contributed by atoms with Gasteiger partial charge in [-0.05, 0) is 55.1 Å². The molecular formula is C33H25BrN2O4S2. The lowest BCUT2D eigenvalue weighted by Gasteiger charge is -2.26. The summed E-state index contributed by atoms with van der Waals surface area (Å²) >= 11 is 6.39. The Morgan fingerprint density at radius 2 is 1.81 bits per heavy atom. The van der Waals surface area contributed by atoms with Gasteiger partial charge in [0.1, 0.15) is 11.5 Å². The zero-order valence-electron chi connectivity index (χ0n) is 22.7. The molecule has 0 fully saturated rings. The maximum absolute atomic E-state index is 14.1. The summed E-state index contributed by atoms with van der Waals surface area (Å²) in [6, 6.07) is 28.3. The number of hydrogen-bond donors (Lipinski definition) is 0. The molecule has 0 spiro atoms. The van der Waals surface area contributed by atoms with E-state index in [1.54, 1.807) is 29.3 Å². The van der Waals surface area contributed by atoms with Gasteiger partial charge in [0.05, 0.1) is 28.5 Å². The number of rotatable bonds is 7. The fourth-order valence-electron chi connectivity index (χ4n) is 4.90. The van der Waals surface area contributed by atoms with Crippen molar-refractivity contribution in [3.8, 4) is 11.3 Å². The Hall–Kier alpha value is -3.92. The number of fused-ring (bicyclic) bond motifs is 1. The van der Waals surface area contributed by atoms with Gasteiger partial charge in [0, 0.05) is 26.6 Å². The lowest BCUT2D eigenvalue weighted by molar-refractivity contribution is -0.138. The van der Waals surface area contributed by atoms with E-state index >= 15 is 0 Å². The van der Waals surface area contributed by atoms with E-state index in [0.29, 0.717) is 32.1 Å². The first-order valence-corrected chi connectivity index (χ1v) is 16.1. The van der Waals surface area contributed by atoms with Crippen molar-refractivity contribution in [3.63, 3.8) is 0 Å². The largest absolute Gasteiger partial charge is 0.463 e. The number of hydrogen-bond acceptors (Lipinski definition) is 7. The number of aromatic nitrogens is 1. The number of ether oxygens (including phenoxy) is 1. The van der Waals surface area contributed by atoms with E-state index in [1.807, 2.05) is 97.3 Å². The standard InChI is InChI=1S/C33H25BrN2O4S2/c1-3-39-32(38)28-29(20-8-5-4-6-9-20)35-33-36(30(28)21-12-15-25(41-2)16-13-21)31(37)27(42-33)19-24-14-17-26(40-24)22-10-7-11-23(34)18-22/h4-19,30H,3H2,1-2H3/b27-19-. The third kappa shape index (κ3) is 5.47. The smallest absolute Gasteiger partial charge is 0.338 e. The molecule has 0 amide bonds. The van der Waals surface area contributed by atoms with Gasteiger partial charge in [0.2, 0.25) is 0 Å². The quantitative estimate of drug-likeness (QED) is 0.144. The van der Waals surface area contributed by atoms with Crippen LogP contribution in [0.15, 0.2) is 120 Å². The van der Waals surface area contributed by atoms with Crippen molar-refractivity contribution < 1.29 is 13.9 Å². The first-order valence-electron chi connectivity index (χ1n) is 13.2. The average molecular weight is 658 g/mol. The van der Waals surface area contributed by atoms with E-state index in [-0.39, 0.29) is 12.2 Å². The van der Waals surface area contributed by atoms with Gasteiger partial charge < -0.3 is 9.15 Å². The Kier molecular flexibility index (Phi) is 8.15. The fraction of sp³-hybridized carbons (Fsp3) is 0.121. The summed E-state index contributed by atoms with van der Waals surface area (Å²) in [6.45, 7) is 1.97. The molecule has 3 aromatic carbocycles. The molecule has 1 unspecified atom stereocenters. The van der Waals surface area contributed by atoms with Crippen LogP contribution in [0, 0.1) is 0 Å².